The van der Waals surface area contributed by atoms with Gasteiger partial charge in [0.05, 0.1) is 17.2 Å². The van der Waals surface area contributed by atoms with Crippen LogP contribution in [0.5, 0.6) is 0 Å². The number of nitrogens with one attached hydrogen (secondary N) is 2. The normalized spacial score (nSPS) is 13.5. The summed E-state index contributed by atoms with van der Waals surface area (Å²) in [6, 6.07) is 0. The van der Waals surface area contributed by atoms with Gasteiger partial charge in [-0.25, -0.2) is 4.57 Å². The number of nitrogens with zero attached hydrogens (tertiary/aromatic N) is 3. The number of rotatable bonds is 11. The number of aromatic nitrogens is 2. The van der Waals surface area contributed by atoms with E-state index in [1.807, 2.05) is 0 Å². The molecule has 0 spiro atoms. The van der Waals surface area contributed by atoms with E-state index in [0.29, 0.717) is 0 Å². The zero-order valence-corrected chi connectivity index (χ0v) is 15.8. The second-order valence-electron chi connectivity index (χ2n) is 7.26. The Kier molecular flexibility index (Phi) is 7.13. The van der Waals surface area contributed by atoms with Gasteiger partial charge < -0.3 is 25.9 Å². The van der Waals surface area contributed by atoms with Gasteiger partial charge in [-0.3, -0.25) is 9.59 Å². The van der Waals surface area contributed by atoms with Crippen LogP contribution in [0, 0.1) is 10.1 Å². The minimum Gasteiger partial charge on any atom is -0.390 e. The van der Waals surface area contributed by atoms with E-state index in [1.165, 1.54) is 23.9 Å². The number of ketones is 2. The van der Waals surface area contributed by atoms with Crippen LogP contribution in [-0.2, 0) is 16.1 Å². The number of hydrogen-bond acceptors (Lipinski definition) is 8. The van der Waals surface area contributed by atoms with Crippen LogP contribution in [0.15, 0.2) is 12.4 Å². The molecule has 1 aromatic heterocycles. The van der Waals surface area contributed by atoms with Gasteiger partial charge in [-0.1, -0.05) is 4.98 Å². The summed E-state index contributed by atoms with van der Waals surface area (Å²) in [7, 11) is 0. The Morgan fingerprint density at radius 3 is 2.31 bits per heavy atom. The molecular weight excluding hydrogens is 342 g/mol. The highest BCUT2D eigenvalue weighted by Gasteiger charge is 2.31. The molecule has 1 unspecified atom stereocenters. The second kappa shape index (κ2) is 8.47. The SMILES string of the molecule is CC(=O)C(C)(C)NCC(O)CNC(C)(C)C(=O)Cn1ccnc1[N+](=O)[O-]. The van der Waals surface area contributed by atoms with Crippen LogP contribution in [-0.4, -0.2) is 61.4 Å². The summed E-state index contributed by atoms with van der Waals surface area (Å²) in [5, 5.41) is 26.8. The first kappa shape index (κ1) is 21.9. The maximum atomic E-state index is 12.5. The van der Waals surface area contributed by atoms with E-state index in [4.69, 9.17) is 0 Å². The van der Waals surface area contributed by atoms with Gasteiger partial charge in [0.2, 0.25) is 0 Å². The topological polar surface area (TPSA) is 139 Å². The highest BCUT2D eigenvalue weighted by atomic mass is 16.6. The van der Waals surface area contributed by atoms with Crippen LogP contribution < -0.4 is 10.6 Å². The van der Waals surface area contributed by atoms with E-state index in [2.05, 4.69) is 15.6 Å². The molecule has 0 amide bonds. The van der Waals surface area contributed by atoms with E-state index < -0.39 is 28.1 Å². The largest absolute Gasteiger partial charge is 0.434 e. The number of hydrogen-bond donors (Lipinski definition) is 3. The first-order valence-electron chi connectivity index (χ1n) is 8.25. The van der Waals surface area contributed by atoms with E-state index in [1.54, 1.807) is 27.7 Å². The molecule has 0 saturated heterocycles. The molecule has 0 bridgehead atoms. The molecule has 1 atom stereocenters. The van der Waals surface area contributed by atoms with Crippen molar-refractivity contribution in [3.63, 3.8) is 0 Å². The van der Waals surface area contributed by atoms with E-state index >= 15 is 0 Å². The lowest BCUT2D eigenvalue weighted by Crippen LogP contribution is -2.54. The standard InChI is InChI=1S/C16H27N5O5/c1-11(22)15(2,3)18-8-12(23)9-19-16(4,5)13(24)10-20-7-6-17-14(20)21(25)26/h6-7,12,18-19,23H,8-10H2,1-5H3. The fraction of sp³-hybridized carbons (Fsp3) is 0.688. The molecule has 26 heavy (non-hydrogen) atoms. The maximum Gasteiger partial charge on any atom is 0.434 e. The Morgan fingerprint density at radius 2 is 1.81 bits per heavy atom. The quantitative estimate of drug-likeness (QED) is 0.367. The Hall–Kier alpha value is -2.17. The lowest BCUT2D eigenvalue weighted by molar-refractivity contribution is -0.396. The predicted octanol–water partition coefficient (Wildman–Crippen LogP) is 0.0467. The Labute approximate surface area is 152 Å². The zero-order valence-electron chi connectivity index (χ0n) is 15.8. The van der Waals surface area contributed by atoms with E-state index in [-0.39, 0.29) is 31.2 Å². The van der Waals surface area contributed by atoms with Crippen molar-refractivity contribution < 1.29 is 19.6 Å². The monoisotopic (exact) mass is 369 g/mol. The van der Waals surface area contributed by atoms with Gasteiger partial charge in [0.1, 0.15) is 24.7 Å². The molecule has 0 aromatic carbocycles. The Bertz CT molecular complexity index is 668. The van der Waals surface area contributed by atoms with Crippen molar-refractivity contribution in [1.82, 2.24) is 20.2 Å². The third-order valence-electron chi connectivity index (χ3n) is 4.31. The summed E-state index contributed by atoms with van der Waals surface area (Å²) < 4.78 is 1.17. The second-order valence-corrected chi connectivity index (χ2v) is 7.26. The summed E-state index contributed by atoms with van der Waals surface area (Å²) in [6.07, 6.45) is 1.82. The van der Waals surface area contributed by atoms with Gasteiger partial charge in [0.15, 0.2) is 5.78 Å². The van der Waals surface area contributed by atoms with Crippen molar-refractivity contribution >= 4 is 17.5 Å². The van der Waals surface area contributed by atoms with Crippen LogP contribution in [0.4, 0.5) is 5.95 Å². The number of nitro groups is 1. The van der Waals surface area contributed by atoms with Crippen LogP contribution >= 0.6 is 0 Å². The maximum absolute atomic E-state index is 12.5. The van der Waals surface area contributed by atoms with Gasteiger partial charge in [-0.15, -0.1) is 0 Å². The molecule has 10 nitrogen and oxygen atoms in total. The molecule has 0 aliphatic rings. The van der Waals surface area contributed by atoms with Crippen molar-refractivity contribution in [2.75, 3.05) is 13.1 Å². The lowest BCUT2D eigenvalue weighted by atomic mass is 9.98. The van der Waals surface area contributed by atoms with Crippen molar-refractivity contribution in [3.8, 4) is 0 Å². The number of aliphatic hydroxyl groups excluding tert-OH is 1. The first-order valence-corrected chi connectivity index (χ1v) is 8.25. The molecule has 0 radical (unpaired) electrons. The molecule has 0 saturated carbocycles. The third-order valence-corrected chi connectivity index (χ3v) is 4.31. The third kappa shape index (κ3) is 5.97. The number of Topliss-reactive ketones (excluding diaryl/α,β-unsaturated/α-hetero) is 2. The number of imidazole rings is 1. The molecule has 0 fully saturated rings. The molecular formula is C16H27N5O5. The fourth-order valence-electron chi connectivity index (χ4n) is 1.99. The minimum absolute atomic E-state index is 0.0462. The minimum atomic E-state index is -1.00. The van der Waals surface area contributed by atoms with Crippen molar-refractivity contribution in [2.24, 2.45) is 0 Å². The highest BCUT2D eigenvalue weighted by molar-refractivity contribution is 5.87. The van der Waals surface area contributed by atoms with Crippen LogP contribution in [0.1, 0.15) is 34.6 Å². The van der Waals surface area contributed by atoms with Gasteiger partial charge in [-0.2, -0.15) is 0 Å². The van der Waals surface area contributed by atoms with E-state index in [0.717, 1.165) is 0 Å². The van der Waals surface area contributed by atoms with Crippen molar-refractivity contribution in [1.29, 1.82) is 0 Å². The molecule has 146 valence electrons. The molecule has 10 heteroatoms. The molecule has 1 heterocycles. The van der Waals surface area contributed by atoms with Gasteiger partial charge in [0.25, 0.3) is 0 Å². The average Bonchev–Trinajstić information content (AvgIpc) is 2.99. The molecule has 0 aliphatic heterocycles. The number of carbonyl (C=O) groups is 2. The predicted molar refractivity (Wildman–Crippen MR) is 94.7 cm³/mol. The van der Waals surface area contributed by atoms with Crippen LogP contribution in [0.2, 0.25) is 0 Å². The highest BCUT2D eigenvalue weighted by Crippen LogP contribution is 2.12. The zero-order chi connectivity index (χ0) is 20.1. The van der Waals surface area contributed by atoms with Gasteiger partial charge >= 0.3 is 5.95 Å². The van der Waals surface area contributed by atoms with Crippen LogP contribution in [0.25, 0.3) is 0 Å². The number of aliphatic hydroxyl groups is 1. The van der Waals surface area contributed by atoms with Crippen molar-refractivity contribution in [2.45, 2.75) is 58.3 Å². The van der Waals surface area contributed by atoms with Gasteiger partial charge in [0, 0.05) is 13.1 Å². The molecule has 1 aromatic rings. The average molecular weight is 369 g/mol. The summed E-state index contributed by atoms with van der Waals surface area (Å²) in [5.41, 5.74) is -1.75. The fourth-order valence-corrected chi connectivity index (χ4v) is 1.99. The Morgan fingerprint density at radius 1 is 1.27 bits per heavy atom. The summed E-state index contributed by atoms with van der Waals surface area (Å²) in [4.78, 5) is 37.7. The number of carbonyl (C=O) groups excluding carboxylic acids is 2. The summed E-state index contributed by atoms with van der Waals surface area (Å²) in [5.74, 6) is -0.734. The Balaban J connectivity index is 2.57. The molecule has 1 rings (SSSR count). The smallest absolute Gasteiger partial charge is 0.390 e. The molecule has 3 N–H and O–H groups in total. The van der Waals surface area contributed by atoms with E-state index in [9.17, 15) is 24.8 Å². The summed E-state index contributed by atoms with van der Waals surface area (Å²) >= 11 is 0. The first-order chi connectivity index (χ1) is 11.9. The number of β-amino-alcohol motifs (C(OH)–C–C–N with tert-alkyl or cyclic N) is 1. The van der Waals surface area contributed by atoms with Gasteiger partial charge in [-0.05, 0) is 39.5 Å². The molecule has 0 aliphatic carbocycles. The lowest BCUT2D eigenvalue weighted by Gasteiger charge is -2.28. The van der Waals surface area contributed by atoms with Crippen molar-refractivity contribution in [3.05, 3.63) is 22.5 Å². The summed E-state index contributed by atoms with van der Waals surface area (Å²) in [6.45, 7) is 8.27. The van der Waals surface area contributed by atoms with Crippen LogP contribution in [0.3, 0.4) is 0 Å².